The number of nitrogens with zero attached hydrogens (tertiary/aromatic N) is 2. The molecule has 21 heteroatoms. The van der Waals surface area contributed by atoms with Gasteiger partial charge in [0.15, 0.2) is 11.4 Å². The third kappa shape index (κ3) is 11.8. The predicted octanol–water partition coefficient (Wildman–Crippen LogP) is 10.3. The molecular weight excluding hydrogens is 875 g/mol. The van der Waals surface area contributed by atoms with Crippen molar-refractivity contribution >= 4 is 40.3 Å². The molecule has 2 aromatic carbocycles. The Morgan fingerprint density at radius 2 is 1.23 bits per heavy atom. The van der Waals surface area contributed by atoms with Gasteiger partial charge >= 0.3 is 24.3 Å². The summed E-state index contributed by atoms with van der Waals surface area (Å²) in [5, 5.41) is 0. The molecule has 61 heavy (non-hydrogen) atoms. The summed E-state index contributed by atoms with van der Waals surface area (Å²) in [6.07, 6.45) is -13.9. The first kappa shape index (κ1) is 46.9. The minimum absolute atomic E-state index is 0.00419. The Morgan fingerprint density at radius 3 is 1.66 bits per heavy atom. The minimum Gasteiger partial charge on any atom is -0.474 e. The zero-order valence-electron chi connectivity index (χ0n) is 32.1. The summed E-state index contributed by atoms with van der Waals surface area (Å²) in [5.74, 6) is -5.54. The summed E-state index contributed by atoms with van der Waals surface area (Å²) >= 11 is 5.61. The van der Waals surface area contributed by atoms with Crippen molar-refractivity contribution in [1.29, 1.82) is 0 Å². The Morgan fingerprint density at radius 1 is 0.754 bits per heavy atom. The summed E-state index contributed by atoms with van der Waals surface area (Å²) in [6, 6.07) is 8.30. The van der Waals surface area contributed by atoms with Gasteiger partial charge in [-0.1, -0.05) is 11.8 Å². The standard InChI is InChI=1S/C21H18F5NO4S2.C19H16F5NO3/c1-3-29-19(28)15-9-13(11-5-4-10(22)8-14(11)23)12-6-7-16(30-18(12)27-15)17(21(24,25)26)31-20(32)33-2;1-2-27-18(26)16-8-14(12-5-3-10(20)7-15(12)21)13-6-4-11(9-19(22,23)24)28-17(13)25-16/h4-5,8-9,16-17H,3,6-7H2,1-2H3;3,5,7-8,11H,2,4,6,9H2,1H3. The average molecular weight is 909 g/mol. The van der Waals surface area contributed by atoms with E-state index in [0.717, 1.165) is 23.9 Å². The van der Waals surface area contributed by atoms with E-state index in [0.29, 0.717) is 17.7 Å². The highest BCUT2D eigenvalue weighted by atomic mass is 32.2. The molecule has 0 amide bonds. The van der Waals surface area contributed by atoms with Crippen LogP contribution in [-0.2, 0) is 27.1 Å². The number of rotatable bonds is 9. The van der Waals surface area contributed by atoms with E-state index in [1.165, 1.54) is 30.5 Å². The number of alkyl halides is 6. The molecule has 4 aromatic rings. The number of halogens is 10. The highest BCUT2D eigenvalue weighted by Gasteiger charge is 2.50. The number of carbonyl (C=O) groups is 2. The molecule has 2 aliphatic rings. The maximum Gasteiger partial charge on any atom is 0.429 e. The van der Waals surface area contributed by atoms with Crippen molar-refractivity contribution in [3.05, 3.63) is 94.3 Å². The molecule has 3 atom stereocenters. The van der Waals surface area contributed by atoms with Gasteiger partial charge < -0.3 is 23.7 Å². The minimum atomic E-state index is -4.80. The van der Waals surface area contributed by atoms with Gasteiger partial charge in [-0.3, -0.25) is 0 Å². The van der Waals surface area contributed by atoms with Gasteiger partial charge in [-0.2, -0.15) is 26.3 Å². The normalized spacial score (nSPS) is 16.3. The molecule has 9 nitrogen and oxygen atoms in total. The fourth-order valence-electron chi connectivity index (χ4n) is 6.42. The zero-order valence-corrected chi connectivity index (χ0v) is 33.8. The summed E-state index contributed by atoms with van der Waals surface area (Å²) in [7, 11) is 0. The van der Waals surface area contributed by atoms with Crippen molar-refractivity contribution in [2.45, 2.75) is 76.6 Å². The molecule has 0 aliphatic carbocycles. The van der Waals surface area contributed by atoms with Gasteiger partial charge in [0.05, 0.1) is 19.6 Å². The van der Waals surface area contributed by atoms with Crippen LogP contribution in [0.1, 0.15) is 65.2 Å². The molecule has 3 unspecified atom stereocenters. The summed E-state index contributed by atoms with van der Waals surface area (Å²) in [5.41, 5.74) is 0.388. The number of thioether (sulfide) groups is 1. The van der Waals surface area contributed by atoms with E-state index in [4.69, 9.17) is 35.9 Å². The number of esters is 2. The lowest BCUT2D eigenvalue weighted by molar-refractivity contribution is -0.221. The van der Waals surface area contributed by atoms with Gasteiger partial charge in [0, 0.05) is 34.4 Å². The Labute approximate surface area is 351 Å². The van der Waals surface area contributed by atoms with E-state index in [1.54, 1.807) is 13.8 Å². The molecule has 4 heterocycles. The van der Waals surface area contributed by atoms with Crippen LogP contribution in [0.2, 0.25) is 0 Å². The van der Waals surface area contributed by atoms with Crippen LogP contribution in [-0.4, -0.2) is 76.4 Å². The Bertz CT molecular complexity index is 2280. The van der Waals surface area contributed by atoms with Crippen LogP contribution in [0, 0.1) is 23.3 Å². The van der Waals surface area contributed by atoms with Gasteiger partial charge in [-0.05, 0) is 106 Å². The van der Waals surface area contributed by atoms with Gasteiger partial charge in [0.1, 0.15) is 35.5 Å². The number of fused-ring (bicyclic) bond motifs is 2. The number of thiocarbonyl (C=S) groups is 1. The van der Waals surface area contributed by atoms with Crippen LogP contribution in [0.5, 0.6) is 11.8 Å². The maximum atomic E-state index is 14.5. The first-order valence-corrected chi connectivity index (χ1v) is 19.9. The number of carbonyl (C=O) groups excluding carboxylic acids is 2. The third-order valence-electron chi connectivity index (χ3n) is 9.03. The lowest BCUT2D eigenvalue weighted by Crippen LogP contribution is -2.47. The fourth-order valence-corrected chi connectivity index (χ4v) is 6.73. The van der Waals surface area contributed by atoms with Gasteiger partial charge in [0.2, 0.25) is 22.2 Å². The van der Waals surface area contributed by atoms with Crippen molar-refractivity contribution in [3.63, 3.8) is 0 Å². The number of hydrogen-bond acceptors (Lipinski definition) is 11. The number of pyridine rings is 2. The summed E-state index contributed by atoms with van der Waals surface area (Å²) in [6.45, 7) is 3.20. The topological polar surface area (TPSA) is 106 Å². The molecule has 0 fully saturated rings. The molecule has 6 rings (SSSR count). The van der Waals surface area contributed by atoms with Gasteiger partial charge in [-0.25, -0.2) is 37.1 Å². The van der Waals surface area contributed by atoms with E-state index in [-0.39, 0.29) is 94.2 Å². The molecule has 0 bridgehead atoms. The number of aromatic nitrogens is 2. The average Bonchev–Trinajstić information content (AvgIpc) is 3.18. The SMILES string of the molecule is CCOC(=O)c1cc(-c2ccc(F)cc2F)c2c(n1)OC(C(OC(=S)SC)C(F)(F)F)CC2.CCOC(=O)c1cc(-c2ccc(F)cc2F)c2c(n1)OC(CC(F)(F)F)CC2. The molecule has 0 radical (unpaired) electrons. The fraction of sp³-hybridized carbons (Fsp3) is 0.375. The lowest BCUT2D eigenvalue weighted by Gasteiger charge is -2.33. The van der Waals surface area contributed by atoms with E-state index < -0.39 is 72.3 Å². The molecule has 0 saturated heterocycles. The molecule has 328 valence electrons. The van der Waals surface area contributed by atoms with Crippen molar-refractivity contribution in [3.8, 4) is 34.0 Å². The number of benzene rings is 2. The molecule has 0 spiro atoms. The summed E-state index contributed by atoms with van der Waals surface area (Å²) in [4.78, 5) is 32.4. The van der Waals surface area contributed by atoms with Gasteiger partial charge in [0.25, 0.3) is 0 Å². The molecule has 2 aliphatic heterocycles. The molecule has 0 N–H and O–H groups in total. The Hall–Kier alpha value is -5.18. The second-order valence-electron chi connectivity index (χ2n) is 13.2. The largest absolute Gasteiger partial charge is 0.474 e. The van der Waals surface area contributed by atoms with E-state index in [2.05, 4.69) is 9.97 Å². The van der Waals surface area contributed by atoms with Crippen LogP contribution in [0.25, 0.3) is 22.3 Å². The third-order valence-corrected chi connectivity index (χ3v) is 10.1. The highest BCUT2D eigenvalue weighted by Crippen LogP contribution is 2.41. The monoisotopic (exact) mass is 908 g/mol. The van der Waals surface area contributed by atoms with E-state index in [9.17, 15) is 53.5 Å². The van der Waals surface area contributed by atoms with Crippen LogP contribution >= 0.6 is 24.0 Å². The smallest absolute Gasteiger partial charge is 0.429 e. The van der Waals surface area contributed by atoms with Crippen molar-refractivity contribution in [2.24, 2.45) is 0 Å². The second kappa shape index (κ2) is 19.7. The zero-order chi connectivity index (χ0) is 44.8. The second-order valence-corrected chi connectivity index (χ2v) is 14.6. The quantitative estimate of drug-likeness (QED) is 0.0910. The van der Waals surface area contributed by atoms with Crippen molar-refractivity contribution in [1.82, 2.24) is 9.97 Å². The lowest BCUT2D eigenvalue weighted by atomic mass is 9.92. The van der Waals surface area contributed by atoms with Crippen LogP contribution in [0.4, 0.5) is 43.9 Å². The first-order chi connectivity index (χ1) is 28.7. The number of hydrogen-bond donors (Lipinski definition) is 0. The van der Waals surface area contributed by atoms with Crippen molar-refractivity contribution < 1.29 is 77.2 Å². The number of ether oxygens (including phenoxy) is 5. The van der Waals surface area contributed by atoms with E-state index >= 15 is 0 Å². The summed E-state index contributed by atoms with van der Waals surface area (Å²) < 4.78 is 160. The molecule has 2 aromatic heterocycles. The van der Waals surface area contributed by atoms with Crippen LogP contribution in [0.3, 0.4) is 0 Å². The highest BCUT2D eigenvalue weighted by molar-refractivity contribution is 8.22. The van der Waals surface area contributed by atoms with E-state index in [1.807, 2.05) is 0 Å². The Balaban J connectivity index is 0.000000234. The molecule has 0 saturated carbocycles. The Kier molecular flexibility index (Phi) is 15.1. The maximum absolute atomic E-state index is 14.5. The van der Waals surface area contributed by atoms with Crippen LogP contribution < -0.4 is 9.47 Å². The van der Waals surface area contributed by atoms with Crippen LogP contribution in [0.15, 0.2) is 48.5 Å². The predicted molar refractivity (Wildman–Crippen MR) is 204 cm³/mol. The van der Waals surface area contributed by atoms with Crippen molar-refractivity contribution in [2.75, 3.05) is 19.5 Å². The first-order valence-electron chi connectivity index (χ1n) is 18.3. The van der Waals surface area contributed by atoms with Gasteiger partial charge in [-0.15, -0.1) is 0 Å². The molecular formula is C40H34F10N2O7S2.